The molecule has 0 aliphatic carbocycles. The van der Waals surface area contributed by atoms with Crippen molar-refractivity contribution in [3.05, 3.63) is 81.7 Å². The summed E-state index contributed by atoms with van der Waals surface area (Å²) in [6.45, 7) is 1.98. The molecule has 1 aromatic heterocycles. The van der Waals surface area contributed by atoms with E-state index in [1.165, 1.54) is 18.3 Å². The molecule has 0 atom stereocenters. The molecule has 0 saturated heterocycles. The van der Waals surface area contributed by atoms with Crippen LogP contribution in [0.2, 0.25) is 0 Å². The van der Waals surface area contributed by atoms with Crippen LogP contribution in [0.4, 0.5) is 10.7 Å². The summed E-state index contributed by atoms with van der Waals surface area (Å²) in [6, 6.07) is 15.2. The number of carboxylic acids is 1. The number of fused-ring (bicyclic) bond motifs is 1. The maximum absolute atomic E-state index is 13.1. The molecule has 3 aromatic rings. The molecule has 2 heterocycles. The van der Waals surface area contributed by atoms with E-state index in [1.807, 2.05) is 0 Å². The molecule has 1 aliphatic heterocycles. The zero-order valence-electron chi connectivity index (χ0n) is 17.8. The molecule has 3 amide bonds. The lowest BCUT2D eigenvalue weighted by atomic mass is 10.0. The predicted molar refractivity (Wildman–Crippen MR) is 125 cm³/mol. The van der Waals surface area contributed by atoms with Gasteiger partial charge in [-0.2, -0.15) is 0 Å². The van der Waals surface area contributed by atoms with Crippen LogP contribution in [0.1, 0.15) is 48.4 Å². The molecule has 0 saturated carbocycles. The topological polar surface area (TPSA) is 116 Å². The number of hydrogen-bond acceptors (Lipinski definition) is 5. The minimum atomic E-state index is -1.11. The Kier molecular flexibility index (Phi) is 6.23. The number of carboxylic acid groups (broad SMARTS) is 1. The van der Waals surface area contributed by atoms with E-state index in [-0.39, 0.29) is 34.8 Å². The van der Waals surface area contributed by atoms with Crippen LogP contribution in [-0.2, 0) is 17.8 Å². The Morgan fingerprint density at radius 1 is 0.970 bits per heavy atom. The van der Waals surface area contributed by atoms with E-state index in [1.54, 1.807) is 59.5 Å². The highest BCUT2D eigenvalue weighted by atomic mass is 32.1. The van der Waals surface area contributed by atoms with E-state index in [2.05, 4.69) is 10.6 Å². The van der Waals surface area contributed by atoms with Crippen molar-refractivity contribution >= 4 is 45.7 Å². The summed E-state index contributed by atoms with van der Waals surface area (Å²) in [5, 5.41) is 15.4. The number of aromatic carboxylic acids is 1. The van der Waals surface area contributed by atoms with Gasteiger partial charge >= 0.3 is 5.97 Å². The van der Waals surface area contributed by atoms with Crippen molar-refractivity contribution in [3.63, 3.8) is 0 Å². The first-order chi connectivity index (χ1) is 15.8. The lowest BCUT2D eigenvalue weighted by molar-refractivity contribution is -0.114. The maximum atomic E-state index is 13.1. The highest BCUT2D eigenvalue weighted by Crippen LogP contribution is 2.37. The fourth-order valence-corrected chi connectivity index (χ4v) is 5.02. The molecule has 0 fully saturated rings. The highest BCUT2D eigenvalue weighted by Gasteiger charge is 2.30. The van der Waals surface area contributed by atoms with E-state index >= 15 is 0 Å². The van der Waals surface area contributed by atoms with Crippen molar-refractivity contribution in [1.29, 1.82) is 0 Å². The Bertz CT molecular complexity index is 1250. The first-order valence-corrected chi connectivity index (χ1v) is 11.1. The molecule has 2 aromatic carbocycles. The molecule has 0 bridgehead atoms. The van der Waals surface area contributed by atoms with E-state index in [4.69, 9.17) is 0 Å². The van der Waals surface area contributed by atoms with Crippen LogP contribution in [0.3, 0.4) is 0 Å². The largest absolute Gasteiger partial charge is 0.478 e. The van der Waals surface area contributed by atoms with Crippen molar-refractivity contribution in [1.82, 2.24) is 4.90 Å². The van der Waals surface area contributed by atoms with E-state index in [0.29, 0.717) is 35.3 Å². The van der Waals surface area contributed by atoms with Crippen LogP contribution in [-0.4, -0.2) is 40.2 Å². The Balaban J connectivity index is 1.57. The number of amides is 3. The Labute approximate surface area is 193 Å². The fraction of sp³-hybridized carbons (Fsp3) is 0.167. The summed E-state index contributed by atoms with van der Waals surface area (Å²) in [6.07, 6.45) is 0.367. The average molecular weight is 464 g/mol. The van der Waals surface area contributed by atoms with Gasteiger partial charge in [-0.15, -0.1) is 11.3 Å². The van der Waals surface area contributed by atoms with Crippen molar-refractivity contribution in [2.75, 3.05) is 17.2 Å². The van der Waals surface area contributed by atoms with E-state index in [9.17, 15) is 24.3 Å². The molecule has 1 aliphatic rings. The first-order valence-electron chi connectivity index (χ1n) is 10.2. The third kappa shape index (κ3) is 4.78. The highest BCUT2D eigenvalue weighted by molar-refractivity contribution is 7.17. The summed E-state index contributed by atoms with van der Waals surface area (Å²) in [5.74, 6) is -1.95. The third-order valence-electron chi connectivity index (χ3n) is 5.25. The number of thiophene rings is 1. The van der Waals surface area contributed by atoms with Gasteiger partial charge in [0.05, 0.1) is 12.1 Å². The van der Waals surface area contributed by atoms with Gasteiger partial charge in [0.2, 0.25) is 5.91 Å². The number of nitrogens with zero attached hydrogens (tertiary/aromatic N) is 1. The van der Waals surface area contributed by atoms with Gasteiger partial charge in [-0.1, -0.05) is 24.3 Å². The average Bonchev–Trinajstić information content (AvgIpc) is 3.16. The zero-order valence-corrected chi connectivity index (χ0v) is 18.6. The Morgan fingerprint density at radius 3 is 2.39 bits per heavy atom. The number of nitrogens with one attached hydrogen (secondary N) is 2. The molecular formula is C24H21N3O5S. The van der Waals surface area contributed by atoms with Gasteiger partial charge in [-0.05, 0) is 42.3 Å². The van der Waals surface area contributed by atoms with Crippen molar-refractivity contribution in [2.24, 2.45) is 0 Å². The summed E-state index contributed by atoms with van der Waals surface area (Å²) in [7, 11) is 0. The molecule has 0 spiro atoms. The molecule has 168 valence electrons. The van der Waals surface area contributed by atoms with Crippen LogP contribution in [0.25, 0.3) is 0 Å². The standard InChI is InChI=1S/C24H21N3O5S/c1-14(28)25-17-9-5-8-16(12-17)23(30)27-11-10-18-19(13-27)33-22(20(18)24(31)32)26-21(29)15-6-3-2-4-7-15/h2-9,12H,10-11,13H2,1H3,(H,25,28)(H,26,29)(H,31,32). The molecular weight excluding hydrogens is 442 g/mol. The second-order valence-corrected chi connectivity index (χ2v) is 8.68. The van der Waals surface area contributed by atoms with E-state index < -0.39 is 5.97 Å². The van der Waals surface area contributed by atoms with Crippen LogP contribution >= 0.6 is 11.3 Å². The van der Waals surface area contributed by atoms with Gasteiger partial charge in [0, 0.05) is 35.2 Å². The molecule has 4 rings (SSSR count). The molecule has 9 heteroatoms. The first kappa shape index (κ1) is 22.2. The number of benzene rings is 2. The van der Waals surface area contributed by atoms with Crippen molar-refractivity contribution in [2.45, 2.75) is 19.9 Å². The number of rotatable bonds is 5. The van der Waals surface area contributed by atoms with E-state index in [0.717, 1.165) is 4.88 Å². The van der Waals surface area contributed by atoms with Gasteiger partial charge in [0.1, 0.15) is 5.00 Å². The fourth-order valence-electron chi connectivity index (χ4n) is 3.77. The second kappa shape index (κ2) is 9.25. The minimum absolute atomic E-state index is 0.0824. The summed E-state index contributed by atoms with van der Waals surface area (Å²) >= 11 is 1.18. The van der Waals surface area contributed by atoms with Crippen LogP contribution in [0.15, 0.2) is 54.6 Å². The van der Waals surface area contributed by atoms with Crippen molar-refractivity contribution < 1.29 is 24.3 Å². The summed E-state index contributed by atoms with van der Waals surface area (Å²) < 4.78 is 0. The smallest absolute Gasteiger partial charge is 0.339 e. The monoisotopic (exact) mass is 463 g/mol. The minimum Gasteiger partial charge on any atom is -0.478 e. The predicted octanol–water partition coefficient (Wildman–Crippen LogP) is 3.86. The molecule has 8 nitrogen and oxygen atoms in total. The number of hydrogen-bond donors (Lipinski definition) is 3. The number of carbonyl (C=O) groups excluding carboxylic acids is 3. The van der Waals surface area contributed by atoms with Crippen LogP contribution in [0.5, 0.6) is 0 Å². The van der Waals surface area contributed by atoms with Gasteiger partial charge in [-0.3, -0.25) is 14.4 Å². The summed E-state index contributed by atoms with van der Waals surface area (Å²) in [4.78, 5) is 51.3. The number of carbonyl (C=O) groups is 4. The molecule has 0 unspecified atom stereocenters. The van der Waals surface area contributed by atoms with Gasteiger partial charge in [0.15, 0.2) is 0 Å². The lowest BCUT2D eigenvalue weighted by Gasteiger charge is -2.27. The molecule has 33 heavy (non-hydrogen) atoms. The molecule has 0 radical (unpaired) electrons. The molecule has 3 N–H and O–H groups in total. The summed E-state index contributed by atoms with van der Waals surface area (Å²) in [5.41, 5.74) is 2.11. The second-order valence-electron chi connectivity index (χ2n) is 7.57. The van der Waals surface area contributed by atoms with Crippen molar-refractivity contribution in [3.8, 4) is 0 Å². The zero-order chi connectivity index (χ0) is 23.5. The Morgan fingerprint density at radius 2 is 1.70 bits per heavy atom. The normalized spacial score (nSPS) is 12.6. The SMILES string of the molecule is CC(=O)Nc1cccc(C(=O)N2CCc3c(sc(NC(=O)c4ccccc4)c3C(=O)O)C2)c1. The van der Waals surface area contributed by atoms with Gasteiger partial charge < -0.3 is 20.6 Å². The quantitative estimate of drug-likeness (QED) is 0.531. The van der Waals surface area contributed by atoms with Gasteiger partial charge in [-0.25, -0.2) is 4.79 Å². The lowest BCUT2D eigenvalue weighted by Crippen LogP contribution is -2.35. The Hall–Kier alpha value is -3.98. The van der Waals surface area contributed by atoms with Gasteiger partial charge in [0.25, 0.3) is 11.8 Å². The maximum Gasteiger partial charge on any atom is 0.339 e. The van der Waals surface area contributed by atoms with Crippen LogP contribution < -0.4 is 10.6 Å². The number of anilines is 2. The third-order valence-corrected chi connectivity index (χ3v) is 6.38. The van der Waals surface area contributed by atoms with Crippen LogP contribution in [0, 0.1) is 0 Å².